The first-order valence-corrected chi connectivity index (χ1v) is 6.10. The van der Waals surface area contributed by atoms with Gasteiger partial charge in [0.1, 0.15) is 10.8 Å². The van der Waals surface area contributed by atoms with Gasteiger partial charge in [-0.1, -0.05) is 11.6 Å². The number of nitrogens with zero attached hydrogens (tertiary/aromatic N) is 3. The van der Waals surface area contributed by atoms with Gasteiger partial charge in [-0.05, 0) is 19.3 Å². The SMILES string of the molecule is Clc1nc(-c2cscn2)nc2c1CCC2. The summed E-state index contributed by atoms with van der Waals surface area (Å²) in [6, 6.07) is 0. The van der Waals surface area contributed by atoms with Crippen LogP contribution in [0, 0.1) is 0 Å². The van der Waals surface area contributed by atoms with E-state index in [-0.39, 0.29) is 0 Å². The van der Waals surface area contributed by atoms with Crippen molar-refractivity contribution in [2.45, 2.75) is 19.3 Å². The smallest absolute Gasteiger partial charge is 0.180 e. The zero-order valence-electron chi connectivity index (χ0n) is 7.90. The van der Waals surface area contributed by atoms with Crippen molar-refractivity contribution in [3.8, 4) is 11.5 Å². The average Bonchev–Trinajstić information content (AvgIpc) is 2.88. The van der Waals surface area contributed by atoms with E-state index in [0.29, 0.717) is 11.0 Å². The minimum Gasteiger partial charge on any atom is -0.241 e. The Morgan fingerprint density at radius 2 is 2.20 bits per heavy atom. The zero-order chi connectivity index (χ0) is 10.3. The first-order valence-electron chi connectivity index (χ1n) is 4.78. The summed E-state index contributed by atoms with van der Waals surface area (Å²) in [5, 5.41) is 2.54. The van der Waals surface area contributed by atoms with Crippen LogP contribution in [-0.2, 0) is 12.8 Å². The lowest BCUT2D eigenvalue weighted by molar-refractivity contribution is 0.899. The van der Waals surface area contributed by atoms with Crippen molar-refractivity contribution in [2.24, 2.45) is 0 Å². The molecule has 0 aromatic carbocycles. The van der Waals surface area contributed by atoms with Gasteiger partial charge in [-0.25, -0.2) is 15.0 Å². The van der Waals surface area contributed by atoms with Crippen molar-refractivity contribution in [3.63, 3.8) is 0 Å². The number of halogens is 1. The van der Waals surface area contributed by atoms with Crippen LogP contribution in [0.4, 0.5) is 0 Å². The Bertz CT molecular complexity index is 496. The first kappa shape index (κ1) is 9.24. The van der Waals surface area contributed by atoms with Gasteiger partial charge in [0.15, 0.2) is 5.82 Å². The number of hydrogen-bond acceptors (Lipinski definition) is 4. The Hall–Kier alpha value is -1.00. The van der Waals surface area contributed by atoms with Crippen molar-refractivity contribution >= 4 is 22.9 Å². The molecule has 3 nitrogen and oxygen atoms in total. The molecule has 15 heavy (non-hydrogen) atoms. The predicted octanol–water partition coefficient (Wildman–Crippen LogP) is 2.74. The Balaban J connectivity index is 2.15. The fraction of sp³-hybridized carbons (Fsp3) is 0.300. The Morgan fingerprint density at radius 3 is 3.00 bits per heavy atom. The molecule has 2 heterocycles. The molecule has 0 N–H and O–H groups in total. The zero-order valence-corrected chi connectivity index (χ0v) is 9.48. The predicted molar refractivity (Wildman–Crippen MR) is 60.2 cm³/mol. The molecule has 0 aliphatic heterocycles. The molecule has 0 spiro atoms. The Labute approximate surface area is 96.2 Å². The van der Waals surface area contributed by atoms with Crippen LogP contribution in [0.1, 0.15) is 17.7 Å². The van der Waals surface area contributed by atoms with Crippen LogP contribution < -0.4 is 0 Å². The molecule has 2 aromatic rings. The fourth-order valence-corrected chi connectivity index (χ4v) is 2.64. The highest BCUT2D eigenvalue weighted by Crippen LogP contribution is 2.28. The molecule has 1 aliphatic carbocycles. The van der Waals surface area contributed by atoms with Crippen LogP contribution in [0.15, 0.2) is 10.9 Å². The second-order valence-electron chi connectivity index (χ2n) is 3.49. The van der Waals surface area contributed by atoms with Gasteiger partial charge in [0.25, 0.3) is 0 Å². The lowest BCUT2D eigenvalue weighted by Crippen LogP contribution is -1.97. The first-order chi connectivity index (χ1) is 7.34. The molecule has 2 aromatic heterocycles. The summed E-state index contributed by atoms with van der Waals surface area (Å²) < 4.78 is 0. The molecule has 0 unspecified atom stereocenters. The van der Waals surface area contributed by atoms with Crippen LogP contribution in [-0.4, -0.2) is 15.0 Å². The van der Waals surface area contributed by atoms with E-state index in [9.17, 15) is 0 Å². The molecule has 1 aliphatic rings. The van der Waals surface area contributed by atoms with Gasteiger partial charge < -0.3 is 0 Å². The van der Waals surface area contributed by atoms with Crippen LogP contribution in [0.3, 0.4) is 0 Å². The summed E-state index contributed by atoms with van der Waals surface area (Å²) in [5.74, 6) is 0.655. The third-order valence-electron chi connectivity index (χ3n) is 2.54. The van der Waals surface area contributed by atoms with E-state index < -0.39 is 0 Å². The molecule has 0 radical (unpaired) electrons. The lowest BCUT2D eigenvalue weighted by atomic mass is 10.2. The highest BCUT2D eigenvalue weighted by atomic mass is 35.5. The summed E-state index contributed by atoms with van der Waals surface area (Å²) in [6.45, 7) is 0. The molecule has 0 fully saturated rings. The van der Waals surface area contributed by atoms with Crippen molar-refractivity contribution in [1.82, 2.24) is 15.0 Å². The maximum atomic E-state index is 6.12. The maximum Gasteiger partial charge on any atom is 0.180 e. The van der Waals surface area contributed by atoms with Crippen molar-refractivity contribution in [1.29, 1.82) is 0 Å². The van der Waals surface area contributed by atoms with Crippen molar-refractivity contribution < 1.29 is 0 Å². The number of rotatable bonds is 1. The highest BCUT2D eigenvalue weighted by molar-refractivity contribution is 7.07. The second-order valence-corrected chi connectivity index (χ2v) is 4.57. The number of fused-ring (bicyclic) bond motifs is 1. The quantitative estimate of drug-likeness (QED) is 0.716. The summed E-state index contributed by atoms with van der Waals surface area (Å²) in [5.41, 5.74) is 4.81. The standard InChI is InChI=1S/C10H8ClN3S/c11-9-6-2-1-3-7(6)13-10(14-9)8-4-15-5-12-8/h4-5H,1-3H2. The molecule has 0 amide bonds. The minimum atomic E-state index is 0.598. The van der Waals surface area contributed by atoms with Crippen LogP contribution in [0.2, 0.25) is 5.15 Å². The van der Waals surface area contributed by atoms with Gasteiger partial charge in [0, 0.05) is 16.6 Å². The number of aromatic nitrogens is 3. The monoisotopic (exact) mass is 237 g/mol. The maximum absolute atomic E-state index is 6.12. The van der Waals surface area contributed by atoms with E-state index in [0.717, 1.165) is 36.2 Å². The fourth-order valence-electron chi connectivity index (χ4n) is 1.82. The van der Waals surface area contributed by atoms with Gasteiger partial charge >= 0.3 is 0 Å². The van der Waals surface area contributed by atoms with E-state index in [2.05, 4.69) is 15.0 Å². The van der Waals surface area contributed by atoms with Gasteiger partial charge in [-0.2, -0.15) is 0 Å². The molecule has 0 bridgehead atoms. The number of thiazole rings is 1. The molecular formula is C10H8ClN3S. The third kappa shape index (κ3) is 1.54. The average molecular weight is 238 g/mol. The minimum absolute atomic E-state index is 0.598. The molecule has 0 saturated heterocycles. The van der Waals surface area contributed by atoms with E-state index in [1.807, 2.05) is 5.38 Å². The summed E-state index contributed by atoms with van der Waals surface area (Å²) in [7, 11) is 0. The highest BCUT2D eigenvalue weighted by Gasteiger charge is 2.19. The Kier molecular flexibility index (Phi) is 2.18. The molecule has 3 rings (SSSR count). The van der Waals surface area contributed by atoms with Crippen molar-refractivity contribution in [2.75, 3.05) is 0 Å². The van der Waals surface area contributed by atoms with Crippen LogP contribution in [0.25, 0.3) is 11.5 Å². The van der Waals surface area contributed by atoms with Crippen LogP contribution in [0.5, 0.6) is 0 Å². The summed E-state index contributed by atoms with van der Waals surface area (Å²) in [6.07, 6.45) is 3.14. The van der Waals surface area contributed by atoms with Gasteiger partial charge in [-0.15, -0.1) is 11.3 Å². The topological polar surface area (TPSA) is 38.7 Å². The molecular weight excluding hydrogens is 230 g/mol. The molecule has 76 valence electrons. The Morgan fingerprint density at radius 1 is 1.27 bits per heavy atom. The number of hydrogen-bond donors (Lipinski definition) is 0. The number of aryl methyl sites for hydroxylation is 1. The van der Waals surface area contributed by atoms with E-state index in [1.54, 1.807) is 5.51 Å². The molecule has 0 atom stereocenters. The van der Waals surface area contributed by atoms with Gasteiger partial charge in [-0.3, -0.25) is 0 Å². The van der Waals surface area contributed by atoms with Gasteiger partial charge in [0.05, 0.1) is 5.51 Å². The van der Waals surface area contributed by atoms with E-state index in [1.165, 1.54) is 11.3 Å². The normalized spacial score (nSPS) is 14.2. The molecule has 0 saturated carbocycles. The molecule has 5 heteroatoms. The lowest BCUT2D eigenvalue weighted by Gasteiger charge is -2.02. The van der Waals surface area contributed by atoms with Gasteiger partial charge in [0.2, 0.25) is 0 Å². The summed E-state index contributed by atoms with van der Waals surface area (Å²) >= 11 is 7.66. The van der Waals surface area contributed by atoms with E-state index in [4.69, 9.17) is 11.6 Å². The van der Waals surface area contributed by atoms with Crippen molar-refractivity contribution in [3.05, 3.63) is 27.3 Å². The summed E-state index contributed by atoms with van der Waals surface area (Å²) in [4.78, 5) is 13.0. The largest absolute Gasteiger partial charge is 0.241 e. The van der Waals surface area contributed by atoms with E-state index >= 15 is 0 Å². The second kappa shape index (κ2) is 3.54. The third-order valence-corrected chi connectivity index (χ3v) is 3.44. The van der Waals surface area contributed by atoms with Crippen LogP contribution >= 0.6 is 22.9 Å².